The average molecular weight is 345 g/mol. The molecule has 25 heavy (non-hydrogen) atoms. The molecule has 0 bridgehead atoms. The van der Waals surface area contributed by atoms with Crippen molar-refractivity contribution in [3.05, 3.63) is 35.9 Å². The molecule has 0 fully saturated rings. The van der Waals surface area contributed by atoms with Crippen LogP contribution < -0.4 is 5.32 Å². The third-order valence-corrected chi connectivity index (χ3v) is 4.80. The molecule has 0 atom stereocenters. The zero-order chi connectivity index (χ0) is 18.0. The van der Waals surface area contributed by atoms with Crippen molar-refractivity contribution in [3.8, 4) is 0 Å². The van der Waals surface area contributed by atoms with E-state index in [9.17, 15) is 4.79 Å². The maximum absolute atomic E-state index is 11.9. The fourth-order valence-corrected chi connectivity index (χ4v) is 3.16. The van der Waals surface area contributed by atoms with E-state index in [1.807, 2.05) is 0 Å². The molecule has 0 aliphatic heterocycles. The van der Waals surface area contributed by atoms with Crippen molar-refractivity contribution in [3.63, 3.8) is 0 Å². The zero-order valence-corrected chi connectivity index (χ0v) is 16.3. The number of carbonyl (C=O) groups is 1. The summed E-state index contributed by atoms with van der Waals surface area (Å²) in [5.74, 6) is 0.0312. The Kier molecular flexibility index (Phi) is 14.1. The Labute approximate surface area is 155 Å². The number of rotatable bonds is 16. The first-order valence-corrected chi connectivity index (χ1v) is 10.6. The first-order chi connectivity index (χ1) is 12.3. The van der Waals surface area contributed by atoms with Gasteiger partial charge >= 0.3 is 0 Å². The van der Waals surface area contributed by atoms with Crippen LogP contribution in [0.1, 0.15) is 107 Å². The summed E-state index contributed by atoms with van der Waals surface area (Å²) in [6, 6.07) is 10.1. The van der Waals surface area contributed by atoms with Gasteiger partial charge in [0.25, 0.3) is 5.91 Å². The molecule has 141 valence electrons. The highest BCUT2D eigenvalue weighted by Crippen LogP contribution is 2.12. The van der Waals surface area contributed by atoms with E-state index in [4.69, 9.17) is 0 Å². The summed E-state index contributed by atoms with van der Waals surface area (Å²) < 4.78 is 0. The molecule has 1 N–H and O–H groups in total. The minimum atomic E-state index is 0.0312. The summed E-state index contributed by atoms with van der Waals surface area (Å²) in [5.41, 5.74) is 0.726. The first-order valence-electron chi connectivity index (χ1n) is 10.6. The predicted molar refractivity (Wildman–Crippen MR) is 108 cm³/mol. The average Bonchev–Trinajstić information content (AvgIpc) is 2.65. The quantitative estimate of drug-likeness (QED) is 0.332. The fourth-order valence-electron chi connectivity index (χ4n) is 3.16. The van der Waals surface area contributed by atoms with Crippen molar-refractivity contribution in [1.82, 2.24) is 5.32 Å². The lowest BCUT2D eigenvalue weighted by Crippen LogP contribution is -2.24. The van der Waals surface area contributed by atoms with E-state index in [1.54, 1.807) is 24.3 Å². The summed E-state index contributed by atoms with van der Waals surface area (Å²) in [7, 11) is 0. The fraction of sp³-hybridized carbons (Fsp3) is 0.696. The van der Waals surface area contributed by atoms with E-state index < -0.39 is 0 Å². The molecule has 0 aliphatic carbocycles. The van der Waals surface area contributed by atoms with Crippen LogP contribution in [0.25, 0.3) is 0 Å². The number of benzene rings is 1. The molecular weight excluding hydrogens is 306 g/mol. The van der Waals surface area contributed by atoms with E-state index in [-0.39, 0.29) is 5.91 Å². The lowest BCUT2D eigenvalue weighted by atomic mass is 10.0. The Hall–Kier alpha value is -1.31. The molecule has 0 saturated heterocycles. The van der Waals surface area contributed by atoms with Gasteiger partial charge in [-0.15, -0.1) is 0 Å². The van der Waals surface area contributed by atoms with Crippen LogP contribution in [-0.2, 0) is 0 Å². The number of hydrogen-bond acceptors (Lipinski definition) is 1. The number of nitrogens with one attached hydrogen (secondary N) is 1. The van der Waals surface area contributed by atoms with Gasteiger partial charge in [0.2, 0.25) is 0 Å². The molecule has 0 unspecified atom stereocenters. The van der Waals surface area contributed by atoms with Gasteiger partial charge in [-0.25, -0.2) is 0 Å². The summed E-state index contributed by atoms with van der Waals surface area (Å²) in [5, 5.41) is 2.99. The summed E-state index contributed by atoms with van der Waals surface area (Å²) >= 11 is 0. The van der Waals surface area contributed by atoms with Gasteiger partial charge < -0.3 is 5.32 Å². The highest BCUT2D eigenvalue weighted by atomic mass is 16.1. The SMILES string of the molecule is CCCCCCCCCCCCCCCCNC(=O)c1cc[c]cc1. The molecule has 1 aromatic carbocycles. The smallest absolute Gasteiger partial charge is 0.251 e. The molecule has 1 amide bonds. The third-order valence-electron chi connectivity index (χ3n) is 4.80. The molecule has 0 spiro atoms. The van der Waals surface area contributed by atoms with Gasteiger partial charge in [-0.3, -0.25) is 4.79 Å². The Balaban J connectivity index is 1.78. The van der Waals surface area contributed by atoms with Crippen molar-refractivity contribution in [2.45, 2.75) is 96.8 Å². The van der Waals surface area contributed by atoms with E-state index in [0.29, 0.717) is 0 Å². The van der Waals surface area contributed by atoms with E-state index in [2.05, 4.69) is 18.3 Å². The van der Waals surface area contributed by atoms with Crippen molar-refractivity contribution in [1.29, 1.82) is 0 Å². The van der Waals surface area contributed by atoms with Crippen LogP contribution >= 0.6 is 0 Å². The molecule has 0 heterocycles. The van der Waals surface area contributed by atoms with Crippen LogP contribution in [0.5, 0.6) is 0 Å². The molecule has 0 saturated carbocycles. The van der Waals surface area contributed by atoms with E-state index in [0.717, 1.165) is 18.5 Å². The van der Waals surface area contributed by atoms with Gasteiger partial charge in [-0.1, -0.05) is 103 Å². The second-order valence-corrected chi connectivity index (χ2v) is 7.14. The molecular formula is C23H38NO. The number of amides is 1. The maximum atomic E-state index is 11.9. The number of carbonyl (C=O) groups excluding carboxylic acids is 1. The van der Waals surface area contributed by atoms with Crippen molar-refractivity contribution >= 4 is 5.91 Å². The summed E-state index contributed by atoms with van der Waals surface area (Å²) in [6.45, 7) is 3.06. The predicted octanol–water partition coefficient (Wildman–Crippen LogP) is 6.70. The maximum Gasteiger partial charge on any atom is 0.251 e. The monoisotopic (exact) mass is 344 g/mol. The normalized spacial score (nSPS) is 10.8. The molecule has 0 aliphatic rings. The standard InChI is InChI=1S/C23H38NO/c1-2-3-4-5-6-7-8-9-10-11-12-13-14-18-21-24-23(25)22-19-16-15-17-20-22/h16-17,19-20H,2-14,18,21H2,1H3,(H,24,25). The second kappa shape index (κ2) is 16.2. The van der Waals surface area contributed by atoms with Crippen LogP contribution in [0.3, 0.4) is 0 Å². The van der Waals surface area contributed by atoms with E-state index in [1.165, 1.54) is 83.5 Å². The van der Waals surface area contributed by atoms with Gasteiger partial charge in [0, 0.05) is 12.1 Å². The summed E-state index contributed by atoms with van der Waals surface area (Å²) in [4.78, 5) is 11.9. The lowest BCUT2D eigenvalue weighted by Gasteiger charge is -2.05. The third kappa shape index (κ3) is 12.7. The molecule has 1 aromatic rings. The number of hydrogen-bond donors (Lipinski definition) is 1. The summed E-state index contributed by atoms with van der Waals surface area (Å²) in [6.07, 6.45) is 19.1. The molecule has 1 radical (unpaired) electrons. The highest BCUT2D eigenvalue weighted by molar-refractivity contribution is 5.94. The van der Waals surface area contributed by atoms with Crippen molar-refractivity contribution in [2.24, 2.45) is 0 Å². The van der Waals surface area contributed by atoms with Gasteiger partial charge in [-0.05, 0) is 24.6 Å². The van der Waals surface area contributed by atoms with Crippen molar-refractivity contribution in [2.75, 3.05) is 6.54 Å². The largest absolute Gasteiger partial charge is 0.352 e. The van der Waals surface area contributed by atoms with E-state index >= 15 is 0 Å². The Morgan fingerprint density at radius 3 is 1.68 bits per heavy atom. The van der Waals surface area contributed by atoms with Gasteiger partial charge in [0.1, 0.15) is 0 Å². The van der Waals surface area contributed by atoms with Crippen LogP contribution in [0.2, 0.25) is 0 Å². The first kappa shape index (κ1) is 21.7. The topological polar surface area (TPSA) is 29.1 Å². The molecule has 2 nitrogen and oxygen atoms in total. The van der Waals surface area contributed by atoms with Gasteiger partial charge in [0.15, 0.2) is 0 Å². The van der Waals surface area contributed by atoms with Crippen LogP contribution in [0.4, 0.5) is 0 Å². The Morgan fingerprint density at radius 2 is 1.20 bits per heavy atom. The Morgan fingerprint density at radius 1 is 0.760 bits per heavy atom. The highest BCUT2D eigenvalue weighted by Gasteiger charge is 2.02. The lowest BCUT2D eigenvalue weighted by molar-refractivity contribution is 0.0953. The zero-order valence-electron chi connectivity index (χ0n) is 16.3. The molecule has 2 heteroatoms. The van der Waals surface area contributed by atoms with Gasteiger partial charge in [-0.2, -0.15) is 0 Å². The van der Waals surface area contributed by atoms with Crippen molar-refractivity contribution < 1.29 is 4.79 Å². The minimum Gasteiger partial charge on any atom is -0.352 e. The molecule has 1 rings (SSSR count). The van der Waals surface area contributed by atoms with Crippen LogP contribution in [0.15, 0.2) is 24.3 Å². The second-order valence-electron chi connectivity index (χ2n) is 7.14. The van der Waals surface area contributed by atoms with Crippen LogP contribution in [0, 0.1) is 6.07 Å². The molecule has 0 aromatic heterocycles. The minimum absolute atomic E-state index is 0.0312. The number of unbranched alkanes of at least 4 members (excludes halogenated alkanes) is 13. The van der Waals surface area contributed by atoms with Gasteiger partial charge in [0.05, 0.1) is 0 Å². The van der Waals surface area contributed by atoms with Crippen LogP contribution in [-0.4, -0.2) is 12.5 Å². The Bertz CT molecular complexity index is 415.